The highest BCUT2D eigenvalue weighted by Gasteiger charge is 2.24. The second-order valence-corrected chi connectivity index (χ2v) is 6.81. The first-order valence-corrected chi connectivity index (χ1v) is 8.83. The highest BCUT2D eigenvalue weighted by molar-refractivity contribution is 5.97. The Balaban J connectivity index is 1.56. The van der Waals surface area contributed by atoms with Gasteiger partial charge in [0.2, 0.25) is 0 Å². The van der Waals surface area contributed by atoms with Crippen molar-refractivity contribution in [3.05, 3.63) is 58.4 Å². The molecule has 136 valence electrons. The number of amides is 1. The van der Waals surface area contributed by atoms with Gasteiger partial charge in [0.15, 0.2) is 0 Å². The van der Waals surface area contributed by atoms with Gasteiger partial charge in [0.25, 0.3) is 5.91 Å². The third kappa shape index (κ3) is 3.17. The van der Waals surface area contributed by atoms with Crippen molar-refractivity contribution in [2.75, 3.05) is 0 Å². The SMILES string of the molecule is O=C(NCc1ccoc1)c1ccc2c(c1)[nH]c(=O)n2C1CCC(O)CC1. The van der Waals surface area contributed by atoms with Gasteiger partial charge in [0.05, 0.1) is 29.7 Å². The van der Waals surface area contributed by atoms with Gasteiger partial charge < -0.3 is 19.8 Å². The maximum Gasteiger partial charge on any atom is 0.326 e. The first kappa shape index (κ1) is 16.7. The Morgan fingerprint density at radius 1 is 1.27 bits per heavy atom. The van der Waals surface area contributed by atoms with Crippen molar-refractivity contribution >= 4 is 16.9 Å². The van der Waals surface area contributed by atoms with Crippen LogP contribution in [0.25, 0.3) is 11.0 Å². The van der Waals surface area contributed by atoms with Gasteiger partial charge in [-0.3, -0.25) is 9.36 Å². The minimum atomic E-state index is -0.266. The standard InChI is InChI=1S/C19H21N3O4/c23-15-4-2-14(3-5-15)22-17-6-1-13(9-16(17)21-19(22)25)18(24)20-10-12-7-8-26-11-12/h1,6-9,11,14-15,23H,2-5,10H2,(H,20,24)(H,21,25). The van der Waals surface area contributed by atoms with Crippen LogP contribution in [0.15, 0.2) is 46.0 Å². The maximum absolute atomic E-state index is 12.4. The number of imidazole rings is 1. The summed E-state index contributed by atoms with van der Waals surface area (Å²) in [6.45, 7) is 0.384. The Morgan fingerprint density at radius 2 is 2.08 bits per heavy atom. The summed E-state index contributed by atoms with van der Waals surface area (Å²) in [6.07, 6.45) is 5.85. The number of rotatable bonds is 4. The van der Waals surface area contributed by atoms with Crippen LogP contribution in [0.3, 0.4) is 0 Å². The summed E-state index contributed by atoms with van der Waals surface area (Å²) in [5.41, 5.74) is 2.66. The van der Waals surface area contributed by atoms with E-state index in [1.807, 2.05) is 6.07 Å². The molecule has 0 aliphatic heterocycles. The molecular formula is C19H21N3O4. The number of carbonyl (C=O) groups excluding carboxylic acids is 1. The van der Waals surface area contributed by atoms with Crippen molar-refractivity contribution in [3.8, 4) is 0 Å². The number of fused-ring (bicyclic) bond motifs is 1. The van der Waals surface area contributed by atoms with E-state index in [4.69, 9.17) is 4.42 Å². The fourth-order valence-electron chi connectivity index (χ4n) is 3.63. The van der Waals surface area contributed by atoms with Crippen LogP contribution in [-0.4, -0.2) is 26.7 Å². The summed E-state index contributed by atoms with van der Waals surface area (Å²) < 4.78 is 6.74. The number of hydrogen-bond acceptors (Lipinski definition) is 4. The minimum Gasteiger partial charge on any atom is -0.472 e. The maximum atomic E-state index is 12.4. The smallest absolute Gasteiger partial charge is 0.326 e. The first-order valence-electron chi connectivity index (χ1n) is 8.83. The van der Waals surface area contributed by atoms with E-state index in [0.717, 1.165) is 23.9 Å². The third-order valence-corrected chi connectivity index (χ3v) is 5.04. The van der Waals surface area contributed by atoms with E-state index in [-0.39, 0.29) is 23.7 Å². The van der Waals surface area contributed by atoms with Gasteiger partial charge in [0.1, 0.15) is 0 Å². The Kier molecular flexibility index (Phi) is 4.38. The Morgan fingerprint density at radius 3 is 2.81 bits per heavy atom. The van der Waals surface area contributed by atoms with Gasteiger partial charge in [-0.05, 0) is 49.9 Å². The average Bonchev–Trinajstić information content (AvgIpc) is 3.27. The first-order chi connectivity index (χ1) is 12.6. The van der Waals surface area contributed by atoms with Crippen LogP contribution < -0.4 is 11.0 Å². The molecule has 3 N–H and O–H groups in total. The van der Waals surface area contributed by atoms with Crippen molar-refractivity contribution in [1.29, 1.82) is 0 Å². The average molecular weight is 355 g/mol. The quantitative estimate of drug-likeness (QED) is 0.669. The van der Waals surface area contributed by atoms with Crippen LogP contribution in [0.5, 0.6) is 0 Å². The molecule has 1 aliphatic rings. The Bertz CT molecular complexity index is 962. The van der Waals surface area contributed by atoms with Crippen LogP contribution in [0.1, 0.15) is 47.6 Å². The summed E-state index contributed by atoms with van der Waals surface area (Å²) in [4.78, 5) is 27.6. The predicted octanol–water partition coefficient (Wildman–Crippen LogP) is 2.33. The Hall–Kier alpha value is -2.80. The number of aromatic nitrogens is 2. The number of H-pyrrole nitrogens is 1. The lowest BCUT2D eigenvalue weighted by atomic mass is 9.93. The predicted molar refractivity (Wildman–Crippen MR) is 95.9 cm³/mol. The number of furan rings is 1. The molecule has 1 amide bonds. The summed E-state index contributed by atoms with van der Waals surface area (Å²) in [5.74, 6) is -0.206. The molecule has 3 aromatic rings. The van der Waals surface area contributed by atoms with Crippen molar-refractivity contribution in [2.24, 2.45) is 0 Å². The molecule has 1 fully saturated rings. The van der Waals surface area contributed by atoms with E-state index in [0.29, 0.717) is 30.5 Å². The largest absolute Gasteiger partial charge is 0.472 e. The van der Waals surface area contributed by atoms with Gasteiger partial charge in [-0.25, -0.2) is 4.79 Å². The molecule has 1 aliphatic carbocycles. The minimum absolute atomic E-state index is 0.0837. The van der Waals surface area contributed by atoms with E-state index in [2.05, 4.69) is 10.3 Å². The summed E-state index contributed by atoms with van der Waals surface area (Å²) in [7, 11) is 0. The number of benzene rings is 1. The van der Waals surface area contributed by atoms with E-state index >= 15 is 0 Å². The van der Waals surface area contributed by atoms with Gasteiger partial charge >= 0.3 is 5.69 Å². The molecule has 7 heteroatoms. The molecule has 26 heavy (non-hydrogen) atoms. The number of aliphatic hydroxyl groups is 1. The van der Waals surface area contributed by atoms with Crippen LogP contribution in [0, 0.1) is 0 Å². The van der Waals surface area contributed by atoms with E-state index < -0.39 is 0 Å². The van der Waals surface area contributed by atoms with E-state index in [1.54, 1.807) is 35.3 Å². The molecule has 0 spiro atoms. The number of carbonyl (C=O) groups is 1. The zero-order chi connectivity index (χ0) is 18.1. The third-order valence-electron chi connectivity index (χ3n) is 5.04. The zero-order valence-electron chi connectivity index (χ0n) is 14.3. The van der Waals surface area contributed by atoms with Crippen molar-refractivity contribution < 1.29 is 14.3 Å². The summed E-state index contributed by atoms with van der Waals surface area (Å²) >= 11 is 0. The normalized spacial score (nSPS) is 20.3. The van der Waals surface area contributed by atoms with Crippen molar-refractivity contribution in [2.45, 2.75) is 44.4 Å². The van der Waals surface area contributed by atoms with Gasteiger partial charge in [-0.2, -0.15) is 0 Å². The monoisotopic (exact) mass is 355 g/mol. The van der Waals surface area contributed by atoms with E-state index in [9.17, 15) is 14.7 Å². The van der Waals surface area contributed by atoms with Crippen LogP contribution >= 0.6 is 0 Å². The molecule has 0 radical (unpaired) electrons. The number of nitrogens with zero attached hydrogens (tertiary/aromatic N) is 1. The van der Waals surface area contributed by atoms with Crippen LogP contribution in [0.4, 0.5) is 0 Å². The van der Waals surface area contributed by atoms with Gasteiger partial charge in [-0.1, -0.05) is 0 Å². The van der Waals surface area contributed by atoms with Gasteiger partial charge in [0, 0.05) is 23.7 Å². The van der Waals surface area contributed by atoms with Crippen LogP contribution in [0.2, 0.25) is 0 Å². The molecule has 0 atom stereocenters. The van der Waals surface area contributed by atoms with Crippen molar-refractivity contribution in [1.82, 2.24) is 14.9 Å². The lowest BCUT2D eigenvalue weighted by Gasteiger charge is -2.26. The second-order valence-electron chi connectivity index (χ2n) is 6.81. The van der Waals surface area contributed by atoms with Crippen LogP contribution in [-0.2, 0) is 6.54 Å². The molecule has 2 heterocycles. The summed E-state index contributed by atoms with van der Waals surface area (Å²) in [5, 5.41) is 12.5. The van der Waals surface area contributed by atoms with Crippen molar-refractivity contribution in [3.63, 3.8) is 0 Å². The lowest BCUT2D eigenvalue weighted by Crippen LogP contribution is -2.27. The zero-order valence-corrected chi connectivity index (χ0v) is 14.3. The highest BCUT2D eigenvalue weighted by Crippen LogP contribution is 2.29. The number of hydrogen-bond donors (Lipinski definition) is 3. The fraction of sp³-hybridized carbons (Fsp3) is 0.368. The molecule has 0 unspecified atom stereocenters. The number of aliphatic hydroxyl groups excluding tert-OH is 1. The molecule has 1 aromatic carbocycles. The molecule has 4 rings (SSSR count). The summed E-state index contributed by atoms with van der Waals surface area (Å²) in [6, 6.07) is 7.12. The Labute approximate surface area is 149 Å². The number of aromatic amines is 1. The fourth-order valence-corrected chi connectivity index (χ4v) is 3.63. The number of nitrogens with one attached hydrogen (secondary N) is 2. The highest BCUT2D eigenvalue weighted by atomic mass is 16.3. The van der Waals surface area contributed by atoms with Gasteiger partial charge in [-0.15, -0.1) is 0 Å². The molecular weight excluding hydrogens is 334 g/mol. The second kappa shape index (κ2) is 6.84. The molecule has 1 saturated carbocycles. The molecule has 0 bridgehead atoms. The molecule has 7 nitrogen and oxygen atoms in total. The lowest BCUT2D eigenvalue weighted by molar-refractivity contribution is 0.0951. The van der Waals surface area contributed by atoms with E-state index in [1.165, 1.54) is 0 Å². The topological polar surface area (TPSA) is 100 Å². The molecule has 2 aromatic heterocycles. The molecule has 0 saturated heterocycles.